The predicted molar refractivity (Wildman–Crippen MR) is 139 cm³/mol. The number of amides is 1. The molecule has 5 aromatic rings. The molecule has 5 rings (SSSR count). The van der Waals surface area contributed by atoms with Crippen molar-refractivity contribution >= 4 is 34.1 Å². The molecule has 0 aliphatic heterocycles. The number of nitrogens with zero attached hydrogens (tertiary/aromatic N) is 4. The molecule has 0 bridgehead atoms. The van der Waals surface area contributed by atoms with E-state index in [1.165, 1.54) is 4.88 Å². The first-order chi connectivity index (χ1) is 17.3. The third-order valence-electron chi connectivity index (χ3n) is 5.88. The number of hydrogen-bond donors (Lipinski definition) is 2. The van der Waals surface area contributed by atoms with Crippen molar-refractivity contribution < 1.29 is 4.79 Å². The van der Waals surface area contributed by atoms with Gasteiger partial charge in [-0.15, -0.1) is 11.3 Å². The van der Waals surface area contributed by atoms with Crippen molar-refractivity contribution in [3.8, 4) is 0 Å². The van der Waals surface area contributed by atoms with Gasteiger partial charge in [-0.3, -0.25) is 4.79 Å². The van der Waals surface area contributed by atoms with Crippen LogP contribution in [0.3, 0.4) is 0 Å². The van der Waals surface area contributed by atoms with Gasteiger partial charge in [0.15, 0.2) is 5.65 Å². The number of carbonyl (C=O) groups excluding carboxylic acids is 1. The van der Waals surface area contributed by atoms with Crippen LogP contribution in [0.1, 0.15) is 28.3 Å². The largest absolute Gasteiger partial charge is 0.364 e. The van der Waals surface area contributed by atoms with Crippen LogP contribution in [0.5, 0.6) is 0 Å². The van der Waals surface area contributed by atoms with Crippen LogP contribution in [0.25, 0.3) is 11.0 Å². The molecule has 2 aromatic carbocycles. The fourth-order valence-electron chi connectivity index (χ4n) is 4.14. The summed E-state index contributed by atoms with van der Waals surface area (Å²) in [6, 6.07) is 24.4. The van der Waals surface area contributed by atoms with Gasteiger partial charge < -0.3 is 10.6 Å². The van der Waals surface area contributed by atoms with Crippen molar-refractivity contribution in [2.75, 3.05) is 11.9 Å². The second-order valence-electron chi connectivity index (χ2n) is 8.19. The van der Waals surface area contributed by atoms with Gasteiger partial charge in [-0.05, 0) is 22.6 Å². The van der Waals surface area contributed by atoms with Crippen LogP contribution >= 0.6 is 11.3 Å². The van der Waals surface area contributed by atoms with Gasteiger partial charge in [-0.1, -0.05) is 66.7 Å². The number of nitrogens with one attached hydrogen (secondary N) is 2. The van der Waals surface area contributed by atoms with Gasteiger partial charge in [0.1, 0.15) is 12.1 Å². The first-order valence-electron chi connectivity index (χ1n) is 11.6. The van der Waals surface area contributed by atoms with Crippen LogP contribution in [0.4, 0.5) is 5.82 Å². The molecule has 0 fully saturated rings. The summed E-state index contributed by atoms with van der Waals surface area (Å²) in [4.78, 5) is 22.9. The van der Waals surface area contributed by atoms with Crippen LogP contribution in [-0.4, -0.2) is 32.2 Å². The molecule has 0 saturated heterocycles. The number of benzene rings is 2. The Bertz CT molecular complexity index is 1330. The van der Waals surface area contributed by atoms with Crippen LogP contribution in [0.2, 0.25) is 0 Å². The minimum Gasteiger partial charge on any atom is -0.364 e. The Morgan fingerprint density at radius 2 is 1.69 bits per heavy atom. The zero-order valence-corrected chi connectivity index (χ0v) is 20.0. The standard InChI is InChI=1S/C27H26N6OS/c34-25(16-23(20-8-3-1-4-9-20)21-10-5-2-6-11-21)28-13-14-33-27-24(18-32-33)26(30-19-31-27)29-17-22-12-7-15-35-22/h1-12,15,18-19,23H,13-14,16-17H2,(H,28,34)(H,29,30,31). The smallest absolute Gasteiger partial charge is 0.221 e. The molecule has 7 nitrogen and oxygen atoms in total. The van der Waals surface area contributed by atoms with Crippen molar-refractivity contribution in [3.05, 3.63) is 107 Å². The first-order valence-corrected chi connectivity index (χ1v) is 12.5. The third kappa shape index (κ3) is 5.55. The second-order valence-corrected chi connectivity index (χ2v) is 9.22. The summed E-state index contributed by atoms with van der Waals surface area (Å²) in [5.41, 5.74) is 3.01. The van der Waals surface area contributed by atoms with E-state index < -0.39 is 0 Å². The van der Waals surface area contributed by atoms with Crippen LogP contribution in [-0.2, 0) is 17.9 Å². The Labute approximate surface area is 207 Å². The molecule has 0 aliphatic carbocycles. The Morgan fingerprint density at radius 1 is 0.943 bits per heavy atom. The maximum Gasteiger partial charge on any atom is 0.221 e. The number of anilines is 1. The topological polar surface area (TPSA) is 84.7 Å². The molecule has 3 heterocycles. The van der Waals surface area contributed by atoms with E-state index in [9.17, 15) is 4.79 Å². The van der Waals surface area contributed by atoms with E-state index in [0.29, 0.717) is 26.1 Å². The average Bonchev–Trinajstić information content (AvgIpc) is 3.58. The van der Waals surface area contributed by atoms with Gasteiger partial charge in [0.25, 0.3) is 0 Å². The van der Waals surface area contributed by atoms with Crippen molar-refractivity contribution in [1.29, 1.82) is 0 Å². The SMILES string of the molecule is O=C(CC(c1ccccc1)c1ccccc1)NCCn1ncc2c(NCc3cccs3)ncnc21. The highest BCUT2D eigenvalue weighted by Crippen LogP contribution is 2.27. The van der Waals surface area contributed by atoms with Crippen molar-refractivity contribution in [1.82, 2.24) is 25.1 Å². The molecule has 0 saturated carbocycles. The summed E-state index contributed by atoms with van der Waals surface area (Å²) in [5.74, 6) is 0.770. The van der Waals surface area contributed by atoms with Gasteiger partial charge in [0.2, 0.25) is 5.91 Å². The molecular formula is C27H26N6OS. The van der Waals surface area contributed by atoms with Gasteiger partial charge in [0, 0.05) is 23.8 Å². The van der Waals surface area contributed by atoms with E-state index in [1.807, 2.05) is 42.5 Å². The maximum atomic E-state index is 12.9. The molecule has 35 heavy (non-hydrogen) atoms. The number of hydrogen-bond acceptors (Lipinski definition) is 6. The molecule has 0 spiro atoms. The highest BCUT2D eigenvalue weighted by Gasteiger charge is 2.18. The number of carbonyl (C=O) groups is 1. The van der Waals surface area contributed by atoms with Gasteiger partial charge in [-0.25, -0.2) is 14.6 Å². The fraction of sp³-hybridized carbons (Fsp3) is 0.185. The highest BCUT2D eigenvalue weighted by molar-refractivity contribution is 7.09. The lowest BCUT2D eigenvalue weighted by Gasteiger charge is -2.18. The maximum absolute atomic E-state index is 12.9. The molecular weight excluding hydrogens is 456 g/mol. The minimum absolute atomic E-state index is 0.00657. The summed E-state index contributed by atoms with van der Waals surface area (Å²) >= 11 is 1.70. The zero-order chi connectivity index (χ0) is 23.9. The van der Waals surface area contributed by atoms with Crippen LogP contribution < -0.4 is 10.6 Å². The first kappa shape index (κ1) is 22.7. The Morgan fingerprint density at radius 3 is 2.37 bits per heavy atom. The lowest BCUT2D eigenvalue weighted by atomic mass is 9.88. The number of rotatable bonds is 10. The van der Waals surface area contributed by atoms with E-state index in [2.05, 4.69) is 61.4 Å². The summed E-state index contributed by atoms with van der Waals surface area (Å²) in [7, 11) is 0. The van der Waals surface area contributed by atoms with E-state index in [4.69, 9.17) is 0 Å². The molecule has 1 amide bonds. The Balaban J connectivity index is 1.21. The van der Waals surface area contributed by atoms with E-state index >= 15 is 0 Å². The van der Waals surface area contributed by atoms with Gasteiger partial charge in [0.05, 0.1) is 24.7 Å². The second kappa shape index (κ2) is 10.9. The number of fused-ring (bicyclic) bond motifs is 1. The van der Waals surface area contributed by atoms with Gasteiger partial charge >= 0.3 is 0 Å². The number of aromatic nitrogens is 4. The van der Waals surface area contributed by atoms with E-state index in [1.54, 1.807) is 28.5 Å². The van der Waals surface area contributed by atoms with Crippen LogP contribution in [0.15, 0.2) is 90.7 Å². The lowest BCUT2D eigenvalue weighted by Crippen LogP contribution is -2.29. The summed E-state index contributed by atoms with van der Waals surface area (Å²) in [6.07, 6.45) is 3.70. The molecule has 0 radical (unpaired) electrons. The summed E-state index contributed by atoms with van der Waals surface area (Å²) in [5, 5.41) is 13.8. The monoisotopic (exact) mass is 482 g/mol. The molecule has 8 heteroatoms. The molecule has 2 N–H and O–H groups in total. The molecule has 176 valence electrons. The van der Waals surface area contributed by atoms with Gasteiger partial charge in [-0.2, -0.15) is 5.10 Å². The summed E-state index contributed by atoms with van der Waals surface area (Å²) < 4.78 is 1.81. The predicted octanol–water partition coefficient (Wildman–Crippen LogP) is 4.84. The van der Waals surface area contributed by atoms with Crippen molar-refractivity contribution in [2.24, 2.45) is 0 Å². The zero-order valence-electron chi connectivity index (χ0n) is 19.2. The quantitative estimate of drug-likeness (QED) is 0.298. The van der Waals surface area contributed by atoms with E-state index in [0.717, 1.165) is 28.0 Å². The molecule has 0 unspecified atom stereocenters. The lowest BCUT2D eigenvalue weighted by molar-refractivity contribution is -0.121. The van der Waals surface area contributed by atoms with Crippen molar-refractivity contribution in [2.45, 2.75) is 25.4 Å². The molecule has 0 aliphatic rings. The van der Waals surface area contributed by atoms with E-state index in [-0.39, 0.29) is 11.8 Å². The van der Waals surface area contributed by atoms with Crippen molar-refractivity contribution in [3.63, 3.8) is 0 Å². The fourth-order valence-corrected chi connectivity index (χ4v) is 4.78. The number of thiophene rings is 1. The Hall–Kier alpha value is -4.04. The minimum atomic E-state index is 0.00657. The third-order valence-corrected chi connectivity index (χ3v) is 6.76. The van der Waals surface area contributed by atoms with Crippen LogP contribution in [0, 0.1) is 0 Å². The Kier molecular flexibility index (Phi) is 7.10. The molecule has 3 aromatic heterocycles. The molecule has 0 atom stereocenters. The highest BCUT2D eigenvalue weighted by atomic mass is 32.1. The normalized spacial score (nSPS) is 11.1. The average molecular weight is 483 g/mol. The summed E-state index contributed by atoms with van der Waals surface area (Å²) in [6.45, 7) is 1.70.